The summed E-state index contributed by atoms with van der Waals surface area (Å²) in [4.78, 5) is 12.3. The molecule has 1 N–H and O–H groups in total. The van der Waals surface area contributed by atoms with E-state index in [9.17, 15) is 4.79 Å². The van der Waals surface area contributed by atoms with Gasteiger partial charge in [-0.1, -0.05) is 48.2 Å². The number of hydrogen-bond acceptors (Lipinski definition) is 7. The Bertz CT molecular complexity index is 1130. The molecule has 1 aromatic heterocycles. The van der Waals surface area contributed by atoms with Gasteiger partial charge in [0.15, 0.2) is 0 Å². The molecule has 0 bridgehead atoms. The van der Waals surface area contributed by atoms with E-state index < -0.39 is 0 Å². The summed E-state index contributed by atoms with van der Waals surface area (Å²) in [6, 6.07) is 26.2. The zero-order valence-corrected chi connectivity index (χ0v) is 16.6. The van der Waals surface area contributed by atoms with Crippen LogP contribution in [0.25, 0.3) is 5.69 Å². The number of amides is 1. The summed E-state index contributed by atoms with van der Waals surface area (Å²) >= 11 is 1.27. The standard InChI is InChI=1S/C21H17N7OS/c29-20(15-30-21-25-26-27-28(21)19-9-5-2-6-10-19)22-16-11-13-18(14-12-16)24-23-17-7-3-1-4-8-17/h1-14H,15H2,(H,22,29). The van der Waals surface area contributed by atoms with Crippen molar-refractivity contribution in [3.8, 4) is 5.69 Å². The SMILES string of the molecule is O=C(CSc1nnnn1-c1ccccc1)Nc1ccc(N=Nc2ccccc2)cc1. The molecule has 0 saturated carbocycles. The second-order valence-electron chi connectivity index (χ2n) is 6.13. The lowest BCUT2D eigenvalue weighted by atomic mass is 10.3. The summed E-state index contributed by atoms with van der Waals surface area (Å²) in [7, 11) is 0. The fourth-order valence-corrected chi connectivity index (χ4v) is 3.24. The quantitative estimate of drug-likeness (QED) is 0.345. The first-order valence-corrected chi connectivity index (χ1v) is 10.1. The van der Waals surface area contributed by atoms with E-state index in [1.165, 1.54) is 11.8 Å². The molecule has 4 aromatic rings. The molecule has 4 rings (SSSR count). The van der Waals surface area contributed by atoms with Crippen molar-refractivity contribution in [1.29, 1.82) is 0 Å². The molecule has 0 radical (unpaired) electrons. The van der Waals surface area contributed by atoms with E-state index in [4.69, 9.17) is 0 Å². The summed E-state index contributed by atoms with van der Waals surface area (Å²) in [5, 5.41) is 23.4. The number of thioether (sulfide) groups is 1. The van der Waals surface area contributed by atoms with E-state index in [2.05, 4.69) is 31.1 Å². The molecule has 3 aromatic carbocycles. The Morgan fingerprint density at radius 1 is 0.867 bits per heavy atom. The van der Waals surface area contributed by atoms with Gasteiger partial charge in [-0.15, -0.1) is 5.10 Å². The number of azo groups is 1. The first-order chi connectivity index (χ1) is 14.8. The highest BCUT2D eigenvalue weighted by atomic mass is 32.2. The van der Waals surface area contributed by atoms with Crippen LogP contribution in [0, 0.1) is 0 Å². The minimum Gasteiger partial charge on any atom is -0.325 e. The zero-order chi connectivity index (χ0) is 20.6. The number of rotatable bonds is 7. The number of carbonyl (C=O) groups is 1. The first-order valence-electron chi connectivity index (χ1n) is 9.11. The monoisotopic (exact) mass is 415 g/mol. The summed E-state index contributed by atoms with van der Waals surface area (Å²) in [5.41, 5.74) is 3.01. The summed E-state index contributed by atoms with van der Waals surface area (Å²) in [6.07, 6.45) is 0. The van der Waals surface area contributed by atoms with Crippen molar-refractivity contribution in [2.75, 3.05) is 11.1 Å². The lowest BCUT2D eigenvalue weighted by Gasteiger charge is -2.06. The highest BCUT2D eigenvalue weighted by Crippen LogP contribution is 2.21. The topological polar surface area (TPSA) is 97.4 Å². The zero-order valence-electron chi connectivity index (χ0n) is 15.8. The van der Waals surface area contributed by atoms with E-state index >= 15 is 0 Å². The third-order valence-electron chi connectivity index (χ3n) is 3.96. The van der Waals surface area contributed by atoms with Crippen LogP contribution in [0.5, 0.6) is 0 Å². The Morgan fingerprint density at radius 2 is 1.50 bits per heavy atom. The van der Waals surface area contributed by atoms with Crippen molar-refractivity contribution in [3.63, 3.8) is 0 Å². The second-order valence-corrected chi connectivity index (χ2v) is 7.07. The van der Waals surface area contributed by atoms with Crippen LogP contribution >= 0.6 is 11.8 Å². The molecule has 0 aliphatic rings. The fourth-order valence-electron chi connectivity index (χ4n) is 2.55. The third-order valence-corrected chi connectivity index (χ3v) is 4.88. The third kappa shape index (κ3) is 5.15. The molecule has 0 saturated heterocycles. The molecule has 0 aliphatic carbocycles. The number of aromatic nitrogens is 4. The fraction of sp³-hybridized carbons (Fsp3) is 0.0476. The van der Waals surface area contributed by atoms with Crippen molar-refractivity contribution in [2.24, 2.45) is 10.2 Å². The van der Waals surface area contributed by atoms with Crippen LogP contribution in [0.2, 0.25) is 0 Å². The minimum atomic E-state index is -0.152. The maximum absolute atomic E-state index is 12.3. The van der Waals surface area contributed by atoms with Crippen molar-refractivity contribution in [1.82, 2.24) is 20.2 Å². The van der Waals surface area contributed by atoms with Gasteiger partial charge >= 0.3 is 0 Å². The van der Waals surface area contributed by atoms with E-state index in [1.807, 2.05) is 60.7 Å². The minimum absolute atomic E-state index is 0.152. The molecule has 8 nitrogen and oxygen atoms in total. The molecule has 1 amide bonds. The van der Waals surface area contributed by atoms with Gasteiger partial charge in [-0.2, -0.15) is 14.9 Å². The van der Waals surface area contributed by atoms with Crippen LogP contribution in [0.1, 0.15) is 0 Å². The molecule has 0 spiro atoms. The molecule has 0 aliphatic heterocycles. The average molecular weight is 415 g/mol. The maximum Gasteiger partial charge on any atom is 0.234 e. The Morgan fingerprint density at radius 3 is 2.20 bits per heavy atom. The van der Waals surface area contributed by atoms with Crippen LogP contribution in [-0.4, -0.2) is 31.9 Å². The van der Waals surface area contributed by atoms with Crippen molar-refractivity contribution in [2.45, 2.75) is 5.16 Å². The van der Waals surface area contributed by atoms with Gasteiger partial charge in [0.25, 0.3) is 0 Å². The Kier molecular flexibility index (Phi) is 6.21. The smallest absolute Gasteiger partial charge is 0.234 e. The molecule has 0 fully saturated rings. The van der Waals surface area contributed by atoms with Crippen LogP contribution in [0.3, 0.4) is 0 Å². The summed E-state index contributed by atoms with van der Waals surface area (Å²) < 4.78 is 1.60. The van der Waals surface area contributed by atoms with Gasteiger partial charge in [-0.3, -0.25) is 4.79 Å². The van der Waals surface area contributed by atoms with Gasteiger partial charge in [0.05, 0.1) is 22.8 Å². The number of tetrazole rings is 1. The van der Waals surface area contributed by atoms with Crippen LogP contribution in [0.4, 0.5) is 17.1 Å². The molecular weight excluding hydrogens is 398 g/mol. The number of anilines is 1. The van der Waals surface area contributed by atoms with Gasteiger partial charge in [0.1, 0.15) is 0 Å². The van der Waals surface area contributed by atoms with E-state index in [0.717, 1.165) is 11.4 Å². The van der Waals surface area contributed by atoms with Crippen LogP contribution in [0.15, 0.2) is 100 Å². The van der Waals surface area contributed by atoms with Gasteiger partial charge < -0.3 is 5.32 Å². The highest BCUT2D eigenvalue weighted by molar-refractivity contribution is 7.99. The highest BCUT2D eigenvalue weighted by Gasteiger charge is 2.11. The predicted molar refractivity (Wildman–Crippen MR) is 116 cm³/mol. The summed E-state index contributed by atoms with van der Waals surface area (Å²) in [6.45, 7) is 0. The van der Waals surface area contributed by atoms with Gasteiger partial charge in [-0.25, -0.2) is 0 Å². The van der Waals surface area contributed by atoms with E-state index in [-0.39, 0.29) is 11.7 Å². The molecular formula is C21H17N7OS. The predicted octanol–water partition coefficient (Wildman–Crippen LogP) is 4.81. The lowest BCUT2D eigenvalue weighted by molar-refractivity contribution is -0.113. The molecule has 0 unspecified atom stereocenters. The number of para-hydroxylation sites is 1. The largest absolute Gasteiger partial charge is 0.325 e. The maximum atomic E-state index is 12.3. The molecule has 0 atom stereocenters. The number of hydrogen-bond donors (Lipinski definition) is 1. The second kappa shape index (κ2) is 9.57. The number of carbonyl (C=O) groups excluding carboxylic acids is 1. The van der Waals surface area contributed by atoms with Gasteiger partial charge in [-0.05, 0) is 59.0 Å². The van der Waals surface area contributed by atoms with E-state index in [1.54, 1.807) is 28.9 Å². The normalized spacial score (nSPS) is 10.9. The van der Waals surface area contributed by atoms with Crippen LogP contribution in [-0.2, 0) is 4.79 Å². The van der Waals surface area contributed by atoms with Crippen molar-refractivity contribution in [3.05, 3.63) is 84.9 Å². The van der Waals surface area contributed by atoms with Crippen molar-refractivity contribution >= 4 is 34.7 Å². The Labute approximate surface area is 177 Å². The van der Waals surface area contributed by atoms with Crippen LogP contribution < -0.4 is 5.32 Å². The number of nitrogens with one attached hydrogen (secondary N) is 1. The van der Waals surface area contributed by atoms with Crippen molar-refractivity contribution < 1.29 is 4.79 Å². The Hall–Kier alpha value is -3.85. The number of benzene rings is 3. The lowest BCUT2D eigenvalue weighted by Crippen LogP contribution is -2.14. The van der Waals surface area contributed by atoms with E-state index in [0.29, 0.717) is 16.5 Å². The first kappa shape index (κ1) is 19.5. The molecule has 148 valence electrons. The van der Waals surface area contributed by atoms with Gasteiger partial charge in [0.2, 0.25) is 11.1 Å². The summed E-state index contributed by atoms with van der Waals surface area (Å²) in [5.74, 6) is 0.0316. The van der Waals surface area contributed by atoms with Gasteiger partial charge in [0, 0.05) is 5.69 Å². The number of nitrogens with zero attached hydrogens (tertiary/aromatic N) is 6. The Balaban J connectivity index is 1.32. The molecule has 1 heterocycles. The molecule has 9 heteroatoms. The molecule has 30 heavy (non-hydrogen) atoms. The average Bonchev–Trinajstić information content (AvgIpc) is 3.27.